The van der Waals surface area contributed by atoms with E-state index >= 15 is 0 Å². The molecule has 0 aliphatic rings. The average Bonchev–Trinajstić information content (AvgIpc) is 2.54. The second kappa shape index (κ2) is 7.51. The number of aliphatic hydroxyl groups is 1. The quantitative estimate of drug-likeness (QED) is 0.764. The van der Waals surface area contributed by atoms with Crippen LogP contribution in [0.4, 0.5) is 10.1 Å². The van der Waals surface area contributed by atoms with Crippen molar-refractivity contribution in [1.29, 1.82) is 0 Å². The first-order valence-electron chi connectivity index (χ1n) is 7.05. The van der Waals surface area contributed by atoms with Gasteiger partial charge >= 0.3 is 5.97 Å². The molecule has 0 bridgehead atoms. The van der Waals surface area contributed by atoms with Crippen LogP contribution in [0.25, 0.3) is 0 Å². The van der Waals surface area contributed by atoms with Crippen LogP contribution in [0.1, 0.15) is 32.7 Å². The molecule has 0 saturated heterocycles. The van der Waals surface area contributed by atoms with Crippen molar-refractivity contribution in [2.75, 3.05) is 11.9 Å². The molecule has 0 unspecified atom stereocenters. The van der Waals surface area contributed by atoms with Crippen molar-refractivity contribution < 1.29 is 24.2 Å². The summed E-state index contributed by atoms with van der Waals surface area (Å²) in [7, 11) is 0. The Bertz CT molecular complexity index is 713. The summed E-state index contributed by atoms with van der Waals surface area (Å²) in [6, 6.07) is 10.0. The minimum absolute atomic E-state index is 0.108. The standard InChI is InChI=1S/C17H16FNO4/c18-12-5-8-14(15(10-12)17(22)23)16(21)19-13-6-3-11(4-7-13)2-1-9-20/h3-8,10,20H,1-2,9H2,(H,19,21)(H,22,23). The highest BCUT2D eigenvalue weighted by Gasteiger charge is 2.17. The summed E-state index contributed by atoms with van der Waals surface area (Å²) >= 11 is 0. The zero-order valence-corrected chi connectivity index (χ0v) is 12.3. The molecule has 3 N–H and O–H groups in total. The van der Waals surface area contributed by atoms with Crippen LogP contribution in [0.15, 0.2) is 42.5 Å². The van der Waals surface area contributed by atoms with Crippen molar-refractivity contribution in [3.05, 3.63) is 65.0 Å². The Hall–Kier alpha value is -2.73. The number of anilines is 1. The van der Waals surface area contributed by atoms with Crippen LogP contribution >= 0.6 is 0 Å². The molecular weight excluding hydrogens is 301 g/mol. The van der Waals surface area contributed by atoms with E-state index in [1.807, 2.05) is 12.1 Å². The van der Waals surface area contributed by atoms with E-state index in [1.165, 1.54) is 0 Å². The second-order valence-electron chi connectivity index (χ2n) is 4.97. The number of hydrogen-bond acceptors (Lipinski definition) is 3. The van der Waals surface area contributed by atoms with Crippen LogP contribution in [0.5, 0.6) is 0 Å². The SMILES string of the molecule is O=C(O)c1cc(F)ccc1C(=O)Nc1ccc(CCCO)cc1. The number of rotatable bonds is 6. The van der Waals surface area contributed by atoms with Gasteiger partial charge in [-0.25, -0.2) is 9.18 Å². The molecule has 120 valence electrons. The van der Waals surface area contributed by atoms with E-state index in [0.29, 0.717) is 12.1 Å². The molecule has 5 nitrogen and oxygen atoms in total. The molecule has 0 spiro atoms. The number of carbonyl (C=O) groups is 2. The van der Waals surface area contributed by atoms with Gasteiger partial charge in [-0.05, 0) is 48.7 Å². The molecule has 2 aromatic rings. The van der Waals surface area contributed by atoms with Gasteiger partial charge in [0, 0.05) is 12.3 Å². The lowest BCUT2D eigenvalue weighted by Gasteiger charge is -2.09. The minimum Gasteiger partial charge on any atom is -0.478 e. The summed E-state index contributed by atoms with van der Waals surface area (Å²) in [5.74, 6) is -2.70. The molecule has 0 fully saturated rings. The summed E-state index contributed by atoms with van der Waals surface area (Å²) in [4.78, 5) is 23.3. The van der Waals surface area contributed by atoms with Crippen LogP contribution in [0, 0.1) is 5.82 Å². The van der Waals surface area contributed by atoms with Crippen molar-refractivity contribution in [2.45, 2.75) is 12.8 Å². The van der Waals surface area contributed by atoms with E-state index in [1.54, 1.807) is 12.1 Å². The molecule has 0 aromatic heterocycles. The fourth-order valence-corrected chi connectivity index (χ4v) is 2.13. The molecule has 2 rings (SSSR count). The third kappa shape index (κ3) is 4.37. The van der Waals surface area contributed by atoms with Gasteiger partial charge in [-0.1, -0.05) is 12.1 Å². The van der Waals surface area contributed by atoms with E-state index in [2.05, 4.69) is 5.32 Å². The molecule has 0 saturated carbocycles. The summed E-state index contributed by atoms with van der Waals surface area (Å²) < 4.78 is 13.1. The first kappa shape index (κ1) is 16.6. The Balaban J connectivity index is 2.14. The van der Waals surface area contributed by atoms with Gasteiger partial charge in [0.2, 0.25) is 0 Å². The lowest BCUT2D eigenvalue weighted by atomic mass is 10.1. The number of aromatic carboxylic acids is 1. The van der Waals surface area contributed by atoms with Gasteiger partial charge in [0.15, 0.2) is 0 Å². The Kier molecular flexibility index (Phi) is 5.43. The van der Waals surface area contributed by atoms with E-state index in [4.69, 9.17) is 10.2 Å². The van der Waals surface area contributed by atoms with Crippen LogP contribution in [-0.2, 0) is 6.42 Å². The predicted octanol–water partition coefficient (Wildman–Crippen LogP) is 2.70. The van der Waals surface area contributed by atoms with Crippen molar-refractivity contribution in [3.8, 4) is 0 Å². The van der Waals surface area contributed by atoms with E-state index < -0.39 is 17.7 Å². The lowest BCUT2D eigenvalue weighted by molar-refractivity contribution is 0.0692. The Labute approximate surface area is 132 Å². The highest BCUT2D eigenvalue weighted by Crippen LogP contribution is 2.16. The molecule has 6 heteroatoms. The van der Waals surface area contributed by atoms with Crippen LogP contribution < -0.4 is 5.32 Å². The normalized spacial score (nSPS) is 10.3. The number of carboxylic acids is 1. The van der Waals surface area contributed by atoms with Gasteiger partial charge in [-0.2, -0.15) is 0 Å². The Morgan fingerprint density at radius 3 is 2.35 bits per heavy atom. The largest absolute Gasteiger partial charge is 0.478 e. The lowest BCUT2D eigenvalue weighted by Crippen LogP contribution is -2.16. The summed E-state index contributed by atoms with van der Waals surface area (Å²) in [5.41, 5.74) is 1.03. The third-order valence-corrected chi connectivity index (χ3v) is 3.29. The van der Waals surface area contributed by atoms with Gasteiger partial charge in [0.1, 0.15) is 5.82 Å². The first-order valence-corrected chi connectivity index (χ1v) is 7.05. The topological polar surface area (TPSA) is 86.6 Å². The fourth-order valence-electron chi connectivity index (χ4n) is 2.13. The molecule has 1 amide bonds. The molecule has 0 aliphatic heterocycles. The van der Waals surface area contributed by atoms with Crippen molar-refractivity contribution in [1.82, 2.24) is 0 Å². The summed E-state index contributed by atoms with van der Waals surface area (Å²) in [6.45, 7) is 0.112. The monoisotopic (exact) mass is 317 g/mol. The second-order valence-corrected chi connectivity index (χ2v) is 4.97. The maximum atomic E-state index is 13.1. The molecule has 0 radical (unpaired) electrons. The van der Waals surface area contributed by atoms with Gasteiger partial charge in [0.25, 0.3) is 5.91 Å². The molecule has 0 aliphatic carbocycles. The van der Waals surface area contributed by atoms with Gasteiger partial charge in [-0.15, -0.1) is 0 Å². The Morgan fingerprint density at radius 2 is 1.74 bits per heavy atom. The number of hydrogen-bond donors (Lipinski definition) is 3. The van der Waals surface area contributed by atoms with E-state index in [-0.39, 0.29) is 17.7 Å². The number of carboxylic acid groups (broad SMARTS) is 1. The number of carbonyl (C=O) groups excluding carboxylic acids is 1. The van der Waals surface area contributed by atoms with Crippen molar-refractivity contribution >= 4 is 17.6 Å². The molecule has 23 heavy (non-hydrogen) atoms. The smallest absolute Gasteiger partial charge is 0.336 e. The van der Waals surface area contributed by atoms with Crippen LogP contribution in [0.2, 0.25) is 0 Å². The molecule has 2 aromatic carbocycles. The molecule has 0 atom stereocenters. The zero-order chi connectivity index (χ0) is 16.8. The average molecular weight is 317 g/mol. The van der Waals surface area contributed by atoms with Gasteiger partial charge in [-0.3, -0.25) is 4.79 Å². The van der Waals surface area contributed by atoms with E-state index in [0.717, 1.165) is 30.2 Å². The highest BCUT2D eigenvalue weighted by molar-refractivity contribution is 6.10. The number of amides is 1. The van der Waals surface area contributed by atoms with Gasteiger partial charge < -0.3 is 15.5 Å². The summed E-state index contributed by atoms with van der Waals surface area (Å²) in [5, 5.41) is 20.4. The van der Waals surface area contributed by atoms with Crippen molar-refractivity contribution in [2.24, 2.45) is 0 Å². The van der Waals surface area contributed by atoms with Crippen molar-refractivity contribution in [3.63, 3.8) is 0 Å². The Morgan fingerprint density at radius 1 is 1.04 bits per heavy atom. The number of nitrogens with one attached hydrogen (secondary N) is 1. The van der Waals surface area contributed by atoms with Crippen LogP contribution in [-0.4, -0.2) is 28.7 Å². The molecular formula is C17H16FNO4. The van der Waals surface area contributed by atoms with Gasteiger partial charge in [0.05, 0.1) is 11.1 Å². The number of benzene rings is 2. The number of aliphatic hydroxyl groups excluding tert-OH is 1. The first-order chi connectivity index (χ1) is 11.0. The summed E-state index contributed by atoms with van der Waals surface area (Å²) in [6.07, 6.45) is 1.38. The minimum atomic E-state index is -1.37. The predicted molar refractivity (Wildman–Crippen MR) is 83.2 cm³/mol. The van der Waals surface area contributed by atoms with E-state index in [9.17, 15) is 14.0 Å². The number of aryl methyl sites for hydroxylation is 1. The molecule has 0 heterocycles. The maximum Gasteiger partial charge on any atom is 0.336 e. The highest BCUT2D eigenvalue weighted by atomic mass is 19.1. The maximum absolute atomic E-state index is 13.1. The van der Waals surface area contributed by atoms with Crippen LogP contribution in [0.3, 0.4) is 0 Å². The number of halogens is 1. The third-order valence-electron chi connectivity index (χ3n) is 3.29. The fraction of sp³-hybridized carbons (Fsp3) is 0.176. The zero-order valence-electron chi connectivity index (χ0n) is 12.3.